The normalized spacial score (nSPS) is 34.9. The molecule has 0 aromatic heterocycles. The fourth-order valence-corrected chi connectivity index (χ4v) is 2.34. The Kier molecular flexibility index (Phi) is 3.96. The third kappa shape index (κ3) is 2.42. The first-order chi connectivity index (χ1) is 7.08. The van der Waals surface area contributed by atoms with E-state index in [4.69, 9.17) is 0 Å². The molecule has 0 saturated heterocycles. The number of hydrogen-bond acceptors (Lipinski definition) is 1. The molecule has 0 bridgehead atoms. The number of hydrogen-bond donors (Lipinski definition) is 1. The van der Waals surface area contributed by atoms with E-state index in [1.165, 1.54) is 0 Å². The Balaban J connectivity index is 2.49. The Morgan fingerprint density at radius 3 is 2.67 bits per heavy atom. The molecule has 0 amide bonds. The molecule has 0 aromatic carbocycles. The van der Waals surface area contributed by atoms with Gasteiger partial charge in [0.15, 0.2) is 0 Å². The molecule has 1 fully saturated rings. The van der Waals surface area contributed by atoms with Crippen LogP contribution in [0.15, 0.2) is 30.5 Å². The molecule has 0 aromatic rings. The van der Waals surface area contributed by atoms with Gasteiger partial charge in [0, 0.05) is 5.41 Å². The van der Waals surface area contributed by atoms with Crippen molar-refractivity contribution in [3.8, 4) is 0 Å². The Labute approximate surface area is 93.2 Å². The van der Waals surface area contributed by atoms with E-state index >= 15 is 0 Å². The van der Waals surface area contributed by atoms with Gasteiger partial charge in [-0.15, -0.1) is 5.73 Å². The fourth-order valence-electron chi connectivity index (χ4n) is 2.34. The van der Waals surface area contributed by atoms with Gasteiger partial charge in [0.1, 0.15) is 0 Å². The zero-order valence-corrected chi connectivity index (χ0v) is 9.92. The summed E-state index contributed by atoms with van der Waals surface area (Å²) in [6.45, 7) is 7.76. The van der Waals surface area contributed by atoms with E-state index in [-0.39, 0.29) is 5.41 Å². The van der Waals surface area contributed by atoms with E-state index in [2.05, 4.69) is 31.4 Å². The lowest BCUT2D eigenvalue weighted by molar-refractivity contribution is -0.125. The zero-order chi connectivity index (χ0) is 11.4. The fraction of sp³-hybridized carbons (Fsp3) is 0.643. The van der Waals surface area contributed by atoms with Crippen molar-refractivity contribution in [1.82, 2.24) is 0 Å². The highest BCUT2D eigenvalue weighted by Gasteiger charge is 2.52. The molecule has 1 aliphatic carbocycles. The van der Waals surface area contributed by atoms with Gasteiger partial charge in [0.25, 0.3) is 0 Å². The van der Waals surface area contributed by atoms with Crippen LogP contribution in [-0.4, -0.2) is 10.7 Å². The van der Waals surface area contributed by atoms with Crippen molar-refractivity contribution in [2.45, 2.75) is 51.6 Å². The number of aliphatic hydroxyl groups is 1. The van der Waals surface area contributed by atoms with Gasteiger partial charge in [-0.3, -0.25) is 0 Å². The van der Waals surface area contributed by atoms with Crippen LogP contribution in [0.25, 0.3) is 0 Å². The minimum atomic E-state index is -0.648. The molecule has 0 spiro atoms. The molecule has 0 heterocycles. The zero-order valence-electron chi connectivity index (χ0n) is 9.92. The van der Waals surface area contributed by atoms with E-state index in [0.717, 1.165) is 32.1 Å². The van der Waals surface area contributed by atoms with Crippen molar-refractivity contribution in [1.29, 1.82) is 0 Å². The first-order valence-corrected chi connectivity index (χ1v) is 5.78. The Morgan fingerprint density at radius 1 is 1.47 bits per heavy atom. The van der Waals surface area contributed by atoms with E-state index < -0.39 is 5.60 Å². The third-order valence-electron chi connectivity index (χ3n) is 3.78. The average Bonchev–Trinajstić information content (AvgIpc) is 2.23. The standard InChI is InChI=1S/C14H22O/c1-4-6-7-8-10-13(3)11-12-14(13,15)9-5-2/h4,6,9,15H,2,7-8,10-12H2,1,3H3/b6-4+/t13-,14+/m1/s1. The maximum absolute atomic E-state index is 10.3. The molecular formula is C14H22O. The smallest absolute Gasteiger partial charge is 0.0954 e. The van der Waals surface area contributed by atoms with Crippen LogP contribution in [0.1, 0.15) is 46.0 Å². The van der Waals surface area contributed by atoms with Crippen molar-refractivity contribution in [2.75, 3.05) is 0 Å². The molecule has 1 aliphatic rings. The van der Waals surface area contributed by atoms with Gasteiger partial charge in [-0.2, -0.15) is 0 Å². The topological polar surface area (TPSA) is 20.2 Å². The summed E-state index contributed by atoms with van der Waals surface area (Å²) in [5, 5.41) is 10.3. The summed E-state index contributed by atoms with van der Waals surface area (Å²) in [7, 11) is 0. The summed E-state index contributed by atoms with van der Waals surface area (Å²) in [6.07, 6.45) is 11.3. The van der Waals surface area contributed by atoms with Crippen LogP contribution >= 0.6 is 0 Å². The minimum absolute atomic E-state index is 0.0409. The minimum Gasteiger partial charge on any atom is -0.385 e. The summed E-state index contributed by atoms with van der Waals surface area (Å²) in [4.78, 5) is 0. The van der Waals surface area contributed by atoms with E-state index in [9.17, 15) is 5.11 Å². The molecule has 0 aliphatic heterocycles. The molecule has 1 nitrogen and oxygen atoms in total. The highest BCUT2D eigenvalue weighted by atomic mass is 16.3. The molecule has 1 rings (SSSR count). The summed E-state index contributed by atoms with van der Waals surface area (Å²) in [5.74, 6) is 0. The Bertz CT molecular complexity index is 286. The van der Waals surface area contributed by atoms with E-state index in [1.54, 1.807) is 6.08 Å². The lowest BCUT2D eigenvalue weighted by atomic mass is 9.55. The van der Waals surface area contributed by atoms with Gasteiger partial charge in [0.05, 0.1) is 5.60 Å². The quantitative estimate of drug-likeness (QED) is 0.414. The lowest BCUT2D eigenvalue weighted by Crippen LogP contribution is -2.54. The van der Waals surface area contributed by atoms with Gasteiger partial charge in [-0.25, -0.2) is 0 Å². The monoisotopic (exact) mass is 206 g/mol. The molecule has 2 atom stereocenters. The van der Waals surface area contributed by atoms with E-state index in [0.29, 0.717) is 0 Å². The SMILES string of the molecule is C=C=C[C@]1(O)CC[C@@]1(C)CCC/C=C/C. The third-order valence-corrected chi connectivity index (χ3v) is 3.78. The molecule has 1 N–H and O–H groups in total. The second kappa shape index (κ2) is 4.83. The molecule has 15 heavy (non-hydrogen) atoms. The Morgan fingerprint density at radius 2 is 2.20 bits per heavy atom. The van der Waals surface area contributed by atoms with Gasteiger partial charge in [0.2, 0.25) is 0 Å². The van der Waals surface area contributed by atoms with E-state index in [1.807, 2.05) is 6.92 Å². The molecule has 84 valence electrons. The largest absolute Gasteiger partial charge is 0.385 e. The summed E-state index contributed by atoms with van der Waals surface area (Å²) in [6, 6.07) is 0. The summed E-state index contributed by atoms with van der Waals surface area (Å²) in [5.41, 5.74) is 2.12. The van der Waals surface area contributed by atoms with Crippen LogP contribution in [0.2, 0.25) is 0 Å². The second-order valence-electron chi connectivity index (χ2n) is 4.79. The lowest BCUT2D eigenvalue weighted by Gasteiger charge is -2.53. The molecular weight excluding hydrogens is 184 g/mol. The highest BCUT2D eigenvalue weighted by Crippen LogP contribution is 2.53. The molecule has 0 radical (unpaired) electrons. The predicted molar refractivity (Wildman–Crippen MR) is 64.7 cm³/mol. The summed E-state index contributed by atoms with van der Waals surface area (Å²) < 4.78 is 0. The van der Waals surface area contributed by atoms with Crippen molar-refractivity contribution < 1.29 is 5.11 Å². The number of unbranched alkanes of at least 4 members (excludes halogenated alkanes) is 1. The maximum Gasteiger partial charge on any atom is 0.0954 e. The van der Waals surface area contributed by atoms with Gasteiger partial charge in [-0.1, -0.05) is 25.7 Å². The molecule has 1 heteroatoms. The van der Waals surface area contributed by atoms with Crippen LogP contribution in [0.3, 0.4) is 0 Å². The first kappa shape index (κ1) is 12.3. The van der Waals surface area contributed by atoms with Crippen molar-refractivity contribution in [2.24, 2.45) is 5.41 Å². The van der Waals surface area contributed by atoms with Crippen molar-refractivity contribution >= 4 is 0 Å². The van der Waals surface area contributed by atoms with Crippen molar-refractivity contribution in [3.63, 3.8) is 0 Å². The summed E-state index contributed by atoms with van der Waals surface area (Å²) >= 11 is 0. The van der Waals surface area contributed by atoms with Crippen LogP contribution in [0.4, 0.5) is 0 Å². The molecule has 1 saturated carbocycles. The van der Waals surface area contributed by atoms with Crippen LogP contribution in [0, 0.1) is 5.41 Å². The number of allylic oxidation sites excluding steroid dienone is 2. The number of rotatable bonds is 5. The van der Waals surface area contributed by atoms with Gasteiger partial charge in [-0.05, 0) is 45.1 Å². The van der Waals surface area contributed by atoms with Crippen molar-refractivity contribution in [3.05, 3.63) is 30.5 Å². The molecule has 0 unspecified atom stereocenters. The van der Waals surface area contributed by atoms with Crippen LogP contribution in [0.5, 0.6) is 0 Å². The van der Waals surface area contributed by atoms with Crippen LogP contribution < -0.4 is 0 Å². The maximum atomic E-state index is 10.3. The first-order valence-electron chi connectivity index (χ1n) is 5.78. The highest BCUT2D eigenvalue weighted by molar-refractivity contribution is 5.15. The Hall–Kier alpha value is -0.780. The van der Waals surface area contributed by atoms with Gasteiger partial charge >= 0.3 is 0 Å². The average molecular weight is 206 g/mol. The van der Waals surface area contributed by atoms with Gasteiger partial charge < -0.3 is 5.11 Å². The second-order valence-corrected chi connectivity index (χ2v) is 4.79. The predicted octanol–water partition coefficient (Wildman–Crippen LogP) is 3.61. The van der Waals surface area contributed by atoms with Crippen LogP contribution in [-0.2, 0) is 0 Å².